The van der Waals surface area contributed by atoms with Gasteiger partial charge in [-0.15, -0.1) is 0 Å². The standard InChI is InChI=1S/C24H28N2O4/c27-23(12-18-5-6-22-20(11-18)4-2-9-28-22)26-16-24(17-26)13-21(7-10-30-24)29-15-19-3-1-8-25-14-19/h1,3,5-6,8,11,14,21H,2,4,7,9-10,12-13,15-17H2. The molecule has 1 unspecified atom stereocenters. The molecule has 1 amide bonds. The van der Waals surface area contributed by atoms with E-state index < -0.39 is 0 Å². The van der Waals surface area contributed by atoms with Crippen molar-refractivity contribution < 1.29 is 19.0 Å². The Morgan fingerprint density at radius 3 is 3.03 bits per heavy atom. The van der Waals surface area contributed by atoms with Crippen LogP contribution < -0.4 is 4.74 Å². The second-order valence-electron chi connectivity index (χ2n) is 8.64. The summed E-state index contributed by atoms with van der Waals surface area (Å²) in [7, 11) is 0. The second-order valence-corrected chi connectivity index (χ2v) is 8.64. The molecule has 2 aromatic rings. The average molecular weight is 408 g/mol. The van der Waals surface area contributed by atoms with Gasteiger partial charge in [0.15, 0.2) is 0 Å². The van der Waals surface area contributed by atoms with E-state index in [1.165, 1.54) is 5.56 Å². The summed E-state index contributed by atoms with van der Waals surface area (Å²) >= 11 is 0. The molecule has 30 heavy (non-hydrogen) atoms. The molecule has 6 heteroatoms. The fourth-order valence-electron chi connectivity index (χ4n) is 4.68. The largest absolute Gasteiger partial charge is 0.493 e. The molecule has 0 aliphatic carbocycles. The van der Waals surface area contributed by atoms with Crippen molar-refractivity contribution in [3.63, 3.8) is 0 Å². The maximum absolute atomic E-state index is 12.8. The number of likely N-dealkylation sites (tertiary alicyclic amines) is 1. The quantitative estimate of drug-likeness (QED) is 0.761. The van der Waals surface area contributed by atoms with Gasteiger partial charge in [-0.2, -0.15) is 0 Å². The SMILES string of the molecule is O=C(Cc1ccc2c(c1)CCCO2)N1CC2(CC(OCc3cccnc3)CCO2)C1. The van der Waals surface area contributed by atoms with Crippen molar-refractivity contribution in [2.75, 3.05) is 26.3 Å². The topological polar surface area (TPSA) is 60.9 Å². The summed E-state index contributed by atoms with van der Waals surface area (Å²) in [5.41, 5.74) is 3.12. The molecule has 3 aliphatic rings. The summed E-state index contributed by atoms with van der Waals surface area (Å²) in [6.07, 6.45) is 8.01. The number of carbonyl (C=O) groups is 1. The minimum atomic E-state index is -0.239. The average Bonchev–Trinajstić information content (AvgIpc) is 2.77. The molecule has 4 heterocycles. The lowest BCUT2D eigenvalue weighted by Crippen LogP contribution is -2.67. The van der Waals surface area contributed by atoms with E-state index >= 15 is 0 Å². The zero-order valence-electron chi connectivity index (χ0n) is 17.2. The number of pyridine rings is 1. The van der Waals surface area contributed by atoms with Gasteiger partial charge in [0, 0.05) is 25.4 Å². The van der Waals surface area contributed by atoms with Crippen molar-refractivity contribution in [3.8, 4) is 5.75 Å². The normalized spacial score (nSPS) is 22.1. The zero-order valence-corrected chi connectivity index (χ0v) is 17.2. The number of ether oxygens (including phenoxy) is 3. The van der Waals surface area contributed by atoms with Crippen molar-refractivity contribution in [3.05, 3.63) is 59.4 Å². The van der Waals surface area contributed by atoms with Crippen LogP contribution in [0.1, 0.15) is 36.0 Å². The lowest BCUT2D eigenvalue weighted by Gasteiger charge is -2.53. The van der Waals surface area contributed by atoms with Crippen LogP contribution in [0.3, 0.4) is 0 Å². The molecule has 1 aromatic heterocycles. The minimum Gasteiger partial charge on any atom is -0.493 e. The Bertz CT molecular complexity index is 895. The molecule has 2 saturated heterocycles. The number of aromatic nitrogens is 1. The van der Waals surface area contributed by atoms with E-state index in [0.717, 1.165) is 49.2 Å². The number of fused-ring (bicyclic) bond motifs is 1. The molecule has 1 atom stereocenters. The van der Waals surface area contributed by atoms with Crippen molar-refractivity contribution in [2.24, 2.45) is 0 Å². The molecule has 0 bridgehead atoms. The molecule has 3 aliphatic heterocycles. The molecular weight excluding hydrogens is 380 g/mol. The first-order valence-corrected chi connectivity index (χ1v) is 10.9. The predicted octanol–water partition coefficient (Wildman–Crippen LogP) is 2.93. The molecule has 6 nitrogen and oxygen atoms in total. The fraction of sp³-hybridized carbons (Fsp3) is 0.500. The summed E-state index contributed by atoms with van der Waals surface area (Å²) in [5.74, 6) is 1.13. The Morgan fingerprint density at radius 2 is 2.17 bits per heavy atom. The van der Waals surface area contributed by atoms with E-state index in [9.17, 15) is 4.79 Å². The minimum absolute atomic E-state index is 0.164. The molecule has 5 rings (SSSR count). The third-order valence-corrected chi connectivity index (χ3v) is 6.30. The lowest BCUT2D eigenvalue weighted by molar-refractivity contribution is -0.202. The highest BCUT2D eigenvalue weighted by Gasteiger charge is 2.49. The summed E-state index contributed by atoms with van der Waals surface area (Å²) in [6.45, 7) is 3.36. The summed E-state index contributed by atoms with van der Waals surface area (Å²) in [5, 5.41) is 0. The highest BCUT2D eigenvalue weighted by Crippen LogP contribution is 2.36. The van der Waals surface area contributed by atoms with Gasteiger partial charge in [0.05, 0.1) is 38.8 Å². The van der Waals surface area contributed by atoms with E-state index in [1.807, 2.05) is 35.4 Å². The number of benzene rings is 1. The van der Waals surface area contributed by atoms with Crippen LogP contribution in [0.25, 0.3) is 0 Å². The number of hydrogen-bond donors (Lipinski definition) is 0. The lowest BCUT2D eigenvalue weighted by atomic mass is 9.84. The van der Waals surface area contributed by atoms with Crippen LogP contribution in [-0.4, -0.2) is 53.8 Å². The molecule has 0 N–H and O–H groups in total. The van der Waals surface area contributed by atoms with Crippen LogP contribution in [-0.2, 0) is 33.7 Å². The Balaban J connectivity index is 1.13. The third kappa shape index (κ3) is 4.20. The first-order valence-electron chi connectivity index (χ1n) is 10.9. The van der Waals surface area contributed by atoms with E-state index in [0.29, 0.717) is 32.7 Å². The van der Waals surface area contributed by atoms with Crippen molar-refractivity contribution in [2.45, 2.75) is 50.4 Å². The van der Waals surface area contributed by atoms with E-state index in [4.69, 9.17) is 14.2 Å². The summed E-state index contributed by atoms with van der Waals surface area (Å²) in [6, 6.07) is 10.1. The highest BCUT2D eigenvalue weighted by atomic mass is 16.5. The van der Waals surface area contributed by atoms with Crippen LogP contribution in [0.4, 0.5) is 0 Å². The van der Waals surface area contributed by atoms with Crippen molar-refractivity contribution >= 4 is 5.91 Å². The van der Waals surface area contributed by atoms with E-state index in [-0.39, 0.29) is 17.6 Å². The van der Waals surface area contributed by atoms with Gasteiger partial charge in [0.1, 0.15) is 11.4 Å². The van der Waals surface area contributed by atoms with Crippen LogP contribution >= 0.6 is 0 Å². The van der Waals surface area contributed by atoms with Crippen molar-refractivity contribution in [1.82, 2.24) is 9.88 Å². The van der Waals surface area contributed by atoms with Crippen LogP contribution in [0.2, 0.25) is 0 Å². The monoisotopic (exact) mass is 408 g/mol. The molecule has 1 spiro atoms. The Labute approximate surface area is 177 Å². The van der Waals surface area contributed by atoms with Gasteiger partial charge < -0.3 is 19.1 Å². The number of rotatable bonds is 5. The molecule has 158 valence electrons. The van der Waals surface area contributed by atoms with Crippen LogP contribution in [0, 0.1) is 0 Å². The first-order chi connectivity index (χ1) is 14.7. The second kappa shape index (κ2) is 8.36. The van der Waals surface area contributed by atoms with Gasteiger partial charge >= 0.3 is 0 Å². The van der Waals surface area contributed by atoms with Gasteiger partial charge in [-0.25, -0.2) is 0 Å². The molecule has 0 radical (unpaired) electrons. The molecule has 1 aromatic carbocycles. The van der Waals surface area contributed by atoms with E-state index in [2.05, 4.69) is 11.1 Å². The third-order valence-electron chi connectivity index (χ3n) is 6.30. The van der Waals surface area contributed by atoms with Gasteiger partial charge in [-0.05, 0) is 48.1 Å². The molecular formula is C24H28N2O4. The van der Waals surface area contributed by atoms with E-state index in [1.54, 1.807) is 6.20 Å². The molecule has 2 fully saturated rings. The van der Waals surface area contributed by atoms with Crippen LogP contribution in [0.15, 0.2) is 42.7 Å². The van der Waals surface area contributed by atoms with Crippen LogP contribution in [0.5, 0.6) is 5.75 Å². The Hall–Kier alpha value is -2.44. The summed E-state index contributed by atoms with van der Waals surface area (Å²) < 4.78 is 17.9. The Morgan fingerprint density at radius 1 is 1.23 bits per heavy atom. The number of carbonyl (C=O) groups excluding carboxylic acids is 1. The van der Waals surface area contributed by atoms with Gasteiger partial charge in [0.25, 0.3) is 0 Å². The molecule has 0 saturated carbocycles. The number of hydrogen-bond acceptors (Lipinski definition) is 5. The number of amides is 1. The number of nitrogens with zero attached hydrogens (tertiary/aromatic N) is 2. The smallest absolute Gasteiger partial charge is 0.227 e. The Kier molecular flexibility index (Phi) is 5.44. The maximum Gasteiger partial charge on any atom is 0.227 e. The zero-order chi connectivity index (χ0) is 20.4. The first kappa shape index (κ1) is 19.5. The predicted molar refractivity (Wildman–Crippen MR) is 111 cm³/mol. The summed E-state index contributed by atoms with van der Waals surface area (Å²) in [4.78, 5) is 18.8. The van der Waals surface area contributed by atoms with Crippen molar-refractivity contribution in [1.29, 1.82) is 0 Å². The number of aryl methyl sites for hydroxylation is 1. The van der Waals surface area contributed by atoms with Gasteiger partial charge in [0.2, 0.25) is 5.91 Å². The van der Waals surface area contributed by atoms with Gasteiger partial charge in [-0.3, -0.25) is 9.78 Å². The highest BCUT2D eigenvalue weighted by molar-refractivity contribution is 5.80. The fourth-order valence-corrected chi connectivity index (χ4v) is 4.68. The van der Waals surface area contributed by atoms with Gasteiger partial charge in [-0.1, -0.05) is 18.2 Å². The maximum atomic E-state index is 12.8.